The van der Waals surface area contributed by atoms with Crippen LogP contribution in [-0.2, 0) is 0 Å². The average Bonchev–Trinajstić information content (AvgIpc) is 3.61. The number of hydrogen-bond acceptors (Lipinski definition) is 6. The number of benzene rings is 1. The van der Waals surface area contributed by atoms with Crippen LogP contribution in [0.2, 0.25) is 0 Å². The van der Waals surface area contributed by atoms with Gasteiger partial charge in [-0.1, -0.05) is 0 Å². The van der Waals surface area contributed by atoms with Crippen LogP contribution < -0.4 is 10.2 Å². The summed E-state index contributed by atoms with van der Waals surface area (Å²) in [6, 6.07) is 11.3. The summed E-state index contributed by atoms with van der Waals surface area (Å²) in [5.74, 6) is 0.828. The van der Waals surface area contributed by atoms with Crippen LogP contribution in [0.5, 0.6) is 0 Å². The second-order valence-electron chi connectivity index (χ2n) is 10.4. The highest BCUT2D eigenvalue weighted by molar-refractivity contribution is 6.03. The summed E-state index contributed by atoms with van der Waals surface area (Å²) in [5, 5.41) is 2.91. The maximum Gasteiger partial charge on any atom is 0.273 e. The molecular formula is C28H31FN8O. The van der Waals surface area contributed by atoms with Crippen molar-refractivity contribution in [3.63, 3.8) is 0 Å². The summed E-state index contributed by atoms with van der Waals surface area (Å²) in [6.45, 7) is 6.05. The molecule has 2 aliphatic rings. The molecule has 4 aromatic rings. The first-order valence-electron chi connectivity index (χ1n) is 13.0. The van der Waals surface area contributed by atoms with Crippen LogP contribution >= 0.6 is 0 Å². The van der Waals surface area contributed by atoms with Crippen molar-refractivity contribution in [2.24, 2.45) is 0 Å². The number of rotatable bonds is 6. The molecule has 1 amide bonds. The molecule has 2 atom stereocenters. The van der Waals surface area contributed by atoms with Gasteiger partial charge in [0.2, 0.25) is 0 Å². The Morgan fingerprint density at radius 2 is 1.76 bits per heavy atom. The topological polar surface area (TPSA) is 95.0 Å². The van der Waals surface area contributed by atoms with Crippen LogP contribution in [0.4, 0.5) is 15.9 Å². The number of aromatic nitrogens is 5. The van der Waals surface area contributed by atoms with E-state index < -0.39 is 0 Å². The van der Waals surface area contributed by atoms with Gasteiger partial charge in [0, 0.05) is 36.8 Å². The number of amides is 1. The molecular weight excluding hydrogens is 483 g/mol. The fourth-order valence-electron chi connectivity index (χ4n) is 5.51. The Kier molecular flexibility index (Phi) is 6.19. The standard InChI is InChI=1S/C28H31FN8O/c1-17(2)37-16-32-25(18-4-6-19(29)7-5-18)26(37)27-31-13-23(34-27)28(38)33-20-8-11-24(30-12-20)36-14-21-9-10-22(15-36)35(21)3/h4-8,11-13,16-17,21-22H,9-10,14-15H2,1-3H3,(H,31,34)(H,33,38)/t21-,22+. The van der Waals surface area contributed by atoms with Crippen molar-refractivity contribution in [3.05, 3.63) is 66.6 Å². The van der Waals surface area contributed by atoms with Crippen molar-refractivity contribution in [2.45, 2.75) is 44.8 Å². The Bertz CT molecular complexity index is 1430. The number of pyridine rings is 1. The van der Waals surface area contributed by atoms with Gasteiger partial charge in [0.25, 0.3) is 5.91 Å². The smallest absolute Gasteiger partial charge is 0.273 e. The van der Waals surface area contributed by atoms with Gasteiger partial charge in [-0.15, -0.1) is 0 Å². The van der Waals surface area contributed by atoms with E-state index in [4.69, 9.17) is 0 Å². The number of likely N-dealkylation sites (N-methyl/N-ethyl adjacent to an activating group) is 1. The molecule has 0 radical (unpaired) electrons. The third kappa shape index (κ3) is 4.45. The van der Waals surface area contributed by atoms with Gasteiger partial charge in [0.15, 0.2) is 5.82 Å². The number of imidazole rings is 2. The fraction of sp³-hybridized carbons (Fsp3) is 0.357. The first-order chi connectivity index (χ1) is 18.4. The number of carbonyl (C=O) groups excluding carboxylic acids is 1. The van der Waals surface area contributed by atoms with E-state index in [9.17, 15) is 9.18 Å². The summed E-state index contributed by atoms with van der Waals surface area (Å²) >= 11 is 0. The molecule has 196 valence electrons. The van der Waals surface area contributed by atoms with Crippen LogP contribution in [0, 0.1) is 5.82 Å². The number of piperazine rings is 1. The Morgan fingerprint density at radius 1 is 1.03 bits per heavy atom. The molecule has 1 aromatic carbocycles. The molecule has 0 aliphatic carbocycles. The van der Waals surface area contributed by atoms with E-state index in [0.29, 0.717) is 35.0 Å². The number of halogens is 1. The molecule has 2 N–H and O–H groups in total. The molecule has 10 heteroatoms. The fourth-order valence-corrected chi connectivity index (χ4v) is 5.51. The molecule has 2 fully saturated rings. The molecule has 5 heterocycles. The van der Waals surface area contributed by atoms with Gasteiger partial charge >= 0.3 is 0 Å². The van der Waals surface area contributed by atoms with Crippen molar-refractivity contribution in [3.8, 4) is 22.8 Å². The van der Waals surface area contributed by atoms with E-state index in [1.165, 1.54) is 31.2 Å². The molecule has 3 aromatic heterocycles. The molecule has 2 saturated heterocycles. The lowest BCUT2D eigenvalue weighted by Crippen LogP contribution is -2.52. The lowest BCUT2D eigenvalue weighted by Gasteiger charge is -2.39. The second kappa shape index (κ2) is 9.68. The molecule has 38 heavy (non-hydrogen) atoms. The van der Waals surface area contributed by atoms with Crippen LogP contribution in [0.1, 0.15) is 43.2 Å². The van der Waals surface area contributed by atoms with Crippen molar-refractivity contribution in [2.75, 3.05) is 30.4 Å². The van der Waals surface area contributed by atoms with E-state index in [0.717, 1.165) is 30.2 Å². The Labute approximate surface area is 220 Å². The number of fused-ring (bicyclic) bond motifs is 2. The van der Waals surface area contributed by atoms with Gasteiger partial charge in [0.1, 0.15) is 23.0 Å². The highest BCUT2D eigenvalue weighted by atomic mass is 19.1. The normalized spacial score (nSPS) is 19.3. The van der Waals surface area contributed by atoms with Gasteiger partial charge in [0.05, 0.1) is 30.1 Å². The van der Waals surface area contributed by atoms with E-state index in [-0.39, 0.29) is 17.8 Å². The lowest BCUT2D eigenvalue weighted by molar-refractivity contribution is 0.102. The van der Waals surface area contributed by atoms with Gasteiger partial charge in [-0.25, -0.2) is 19.3 Å². The largest absolute Gasteiger partial charge is 0.353 e. The highest BCUT2D eigenvalue weighted by Gasteiger charge is 2.37. The van der Waals surface area contributed by atoms with Gasteiger partial charge in [-0.3, -0.25) is 9.69 Å². The number of anilines is 2. The number of hydrogen-bond donors (Lipinski definition) is 2. The number of nitrogens with one attached hydrogen (secondary N) is 2. The SMILES string of the molecule is CC(C)n1cnc(-c2ccc(F)cc2)c1-c1ncc(C(=O)Nc2ccc(N3C[C@H]4CC[C@@H](C3)N4C)nc2)[nH]1. The Balaban J connectivity index is 1.19. The maximum absolute atomic E-state index is 13.5. The average molecular weight is 515 g/mol. The van der Waals surface area contributed by atoms with E-state index in [2.05, 4.69) is 42.1 Å². The van der Waals surface area contributed by atoms with E-state index in [1.54, 1.807) is 24.7 Å². The molecule has 0 unspecified atom stereocenters. The summed E-state index contributed by atoms with van der Waals surface area (Å²) in [7, 11) is 2.22. The molecule has 6 rings (SSSR count). The Hall–Kier alpha value is -4.05. The summed E-state index contributed by atoms with van der Waals surface area (Å²) in [6.07, 6.45) is 7.42. The summed E-state index contributed by atoms with van der Waals surface area (Å²) in [5.41, 5.74) is 3.10. The minimum atomic E-state index is -0.311. The first-order valence-corrected chi connectivity index (χ1v) is 13.0. The zero-order chi connectivity index (χ0) is 26.4. The highest BCUT2D eigenvalue weighted by Crippen LogP contribution is 2.33. The number of carbonyl (C=O) groups is 1. The molecule has 0 spiro atoms. The van der Waals surface area contributed by atoms with Crippen LogP contribution in [-0.4, -0.2) is 67.5 Å². The summed E-state index contributed by atoms with van der Waals surface area (Å²) in [4.78, 5) is 34.7. The van der Waals surface area contributed by atoms with Crippen LogP contribution in [0.3, 0.4) is 0 Å². The molecule has 9 nitrogen and oxygen atoms in total. The summed E-state index contributed by atoms with van der Waals surface area (Å²) < 4.78 is 15.5. The zero-order valence-electron chi connectivity index (χ0n) is 21.7. The maximum atomic E-state index is 13.5. The predicted molar refractivity (Wildman–Crippen MR) is 145 cm³/mol. The van der Waals surface area contributed by atoms with Gasteiger partial charge in [-0.2, -0.15) is 0 Å². The lowest BCUT2D eigenvalue weighted by atomic mass is 10.1. The third-order valence-electron chi connectivity index (χ3n) is 7.69. The minimum Gasteiger partial charge on any atom is -0.353 e. The number of nitrogens with zero attached hydrogens (tertiary/aromatic N) is 6. The van der Waals surface area contributed by atoms with Crippen molar-refractivity contribution in [1.29, 1.82) is 0 Å². The molecule has 0 saturated carbocycles. The van der Waals surface area contributed by atoms with Gasteiger partial charge < -0.3 is 19.8 Å². The van der Waals surface area contributed by atoms with Crippen molar-refractivity contribution < 1.29 is 9.18 Å². The third-order valence-corrected chi connectivity index (χ3v) is 7.69. The minimum absolute atomic E-state index is 0.106. The second-order valence-corrected chi connectivity index (χ2v) is 10.4. The molecule has 2 aliphatic heterocycles. The number of aromatic amines is 1. The van der Waals surface area contributed by atoms with Crippen LogP contribution in [0.25, 0.3) is 22.8 Å². The van der Waals surface area contributed by atoms with E-state index >= 15 is 0 Å². The van der Waals surface area contributed by atoms with Crippen molar-refractivity contribution >= 4 is 17.4 Å². The monoisotopic (exact) mass is 514 g/mol. The number of H-pyrrole nitrogens is 1. The van der Waals surface area contributed by atoms with Gasteiger partial charge in [-0.05, 0) is 70.1 Å². The Morgan fingerprint density at radius 3 is 2.42 bits per heavy atom. The van der Waals surface area contributed by atoms with Crippen molar-refractivity contribution in [1.82, 2.24) is 29.4 Å². The zero-order valence-corrected chi connectivity index (χ0v) is 21.7. The quantitative estimate of drug-likeness (QED) is 0.391. The van der Waals surface area contributed by atoms with Crippen LogP contribution in [0.15, 0.2) is 55.1 Å². The first kappa shape index (κ1) is 24.3. The predicted octanol–water partition coefficient (Wildman–Crippen LogP) is 4.59. The molecule has 2 bridgehead atoms. The van der Waals surface area contributed by atoms with E-state index in [1.807, 2.05) is 30.5 Å².